The predicted octanol–water partition coefficient (Wildman–Crippen LogP) is 1.60. The number of benzene rings is 1. The van der Waals surface area contributed by atoms with Gasteiger partial charge in [0.15, 0.2) is 0 Å². The standard InChI is InChI=1S/C10H10O3S/c11-5-6-14-9-3-1-8(2-4-9)7-10(12)13/h1-5H,6-7H2,(H,12,13). The first-order valence-corrected chi connectivity index (χ1v) is 5.08. The molecule has 4 heteroatoms. The molecule has 0 atom stereocenters. The van der Waals surface area contributed by atoms with E-state index in [9.17, 15) is 9.59 Å². The second-order valence-electron chi connectivity index (χ2n) is 2.69. The fourth-order valence-corrected chi connectivity index (χ4v) is 1.60. The number of aldehydes is 1. The van der Waals surface area contributed by atoms with E-state index in [1.165, 1.54) is 11.8 Å². The van der Waals surface area contributed by atoms with Crippen LogP contribution in [0.4, 0.5) is 0 Å². The molecule has 0 radical (unpaired) electrons. The van der Waals surface area contributed by atoms with Crippen molar-refractivity contribution in [2.45, 2.75) is 11.3 Å². The van der Waals surface area contributed by atoms with Crippen LogP contribution in [0.15, 0.2) is 29.2 Å². The Morgan fingerprint density at radius 1 is 1.36 bits per heavy atom. The van der Waals surface area contributed by atoms with Gasteiger partial charge in [-0.1, -0.05) is 12.1 Å². The van der Waals surface area contributed by atoms with Crippen molar-refractivity contribution < 1.29 is 14.7 Å². The first kappa shape index (κ1) is 10.8. The zero-order valence-corrected chi connectivity index (χ0v) is 8.29. The van der Waals surface area contributed by atoms with Crippen LogP contribution < -0.4 is 0 Å². The largest absolute Gasteiger partial charge is 0.481 e. The Kier molecular flexibility index (Phi) is 4.19. The maximum absolute atomic E-state index is 10.4. The van der Waals surface area contributed by atoms with Gasteiger partial charge >= 0.3 is 5.97 Å². The van der Waals surface area contributed by atoms with E-state index in [4.69, 9.17) is 5.11 Å². The fraction of sp³-hybridized carbons (Fsp3) is 0.200. The van der Waals surface area contributed by atoms with E-state index in [2.05, 4.69) is 0 Å². The van der Waals surface area contributed by atoms with E-state index < -0.39 is 5.97 Å². The number of rotatable bonds is 5. The van der Waals surface area contributed by atoms with Crippen LogP contribution in [0.3, 0.4) is 0 Å². The van der Waals surface area contributed by atoms with Crippen LogP contribution in [0.5, 0.6) is 0 Å². The summed E-state index contributed by atoms with van der Waals surface area (Å²) in [5, 5.41) is 8.53. The molecule has 0 aliphatic rings. The van der Waals surface area contributed by atoms with Gasteiger partial charge in [0.25, 0.3) is 0 Å². The summed E-state index contributed by atoms with van der Waals surface area (Å²) in [6.07, 6.45) is 0.883. The van der Waals surface area contributed by atoms with E-state index in [1.807, 2.05) is 12.1 Å². The first-order chi connectivity index (χ1) is 6.72. The number of hydrogen-bond acceptors (Lipinski definition) is 3. The zero-order valence-electron chi connectivity index (χ0n) is 7.47. The van der Waals surface area contributed by atoms with Gasteiger partial charge in [-0.3, -0.25) is 4.79 Å². The molecule has 0 heterocycles. The lowest BCUT2D eigenvalue weighted by molar-refractivity contribution is -0.136. The molecule has 0 fully saturated rings. The fourth-order valence-electron chi connectivity index (χ4n) is 1.01. The number of aliphatic carboxylic acids is 1. The van der Waals surface area contributed by atoms with Gasteiger partial charge in [-0.2, -0.15) is 0 Å². The Balaban J connectivity index is 2.58. The number of hydrogen-bond donors (Lipinski definition) is 1. The van der Waals surface area contributed by atoms with Gasteiger partial charge < -0.3 is 9.90 Å². The van der Waals surface area contributed by atoms with E-state index >= 15 is 0 Å². The second-order valence-corrected chi connectivity index (χ2v) is 3.79. The molecule has 3 nitrogen and oxygen atoms in total. The van der Waals surface area contributed by atoms with Crippen LogP contribution in [0.25, 0.3) is 0 Å². The third kappa shape index (κ3) is 3.62. The summed E-state index contributed by atoms with van der Waals surface area (Å²) >= 11 is 1.43. The van der Waals surface area contributed by atoms with Gasteiger partial charge in [-0.25, -0.2) is 0 Å². The molecule has 1 rings (SSSR count). The Bertz CT molecular complexity index is 319. The van der Waals surface area contributed by atoms with Gasteiger partial charge in [0.1, 0.15) is 6.29 Å². The molecule has 0 spiro atoms. The molecule has 0 aliphatic heterocycles. The minimum Gasteiger partial charge on any atom is -0.481 e. The van der Waals surface area contributed by atoms with E-state index in [0.717, 1.165) is 16.7 Å². The molecule has 0 aromatic heterocycles. The van der Waals surface area contributed by atoms with Gasteiger partial charge in [0.2, 0.25) is 0 Å². The lowest BCUT2D eigenvalue weighted by atomic mass is 10.2. The van der Waals surface area contributed by atoms with Gasteiger partial charge in [0, 0.05) is 4.90 Å². The maximum Gasteiger partial charge on any atom is 0.307 e. The number of thioether (sulfide) groups is 1. The summed E-state index contributed by atoms with van der Waals surface area (Å²) in [6, 6.07) is 7.18. The van der Waals surface area contributed by atoms with Crippen LogP contribution in [0.1, 0.15) is 5.56 Å². The molecule has 14 heavy (non-hydrogen) atoms. The molecule has 0 aliphatic carbocycles. The first-order valence-electron chi connectivity index (χ1n) is 4.09. The van der Waals surface area contributed by atoms with Crippen molar-refractivity contribution in [1.82, 2.24) is 0 Å². The summed E-state index contributed by atoms with van der Waals surface area (Å²) in [6.45, 7) is 0. The topological polar surface area (TPSA) is 54.4 Å². The SMILES string of the molecule is O=CCSc1ccc(CC(=O)O)cc1. The molecule has 0 saturated carbocycles. The highest BCUT2D eigenvalue weighted by atomic mass is 32.2. The van der Waals surface area contributed by atoms with Crippen molar-refractivity contribution in [2.24, 2.45) is 0 Å². The summed E-state index contributed by atoms with van der Waals surface area (Å²) in [7, 11) is 0. The predicted molar refractivity (Wildman–Crippen MR) is 54.6 cm³/mol. The minimum atomic E-state index is -0.835. The Hall–Kier alpha value is -1.29. The number of carbonyl (C=O) groups excluding carboxylic acids is 1. The second kappa shape index (κ2) is 5.44. The van der Waals surface area contributed by atoms with Gasteiger partial charge in [-0.15, -0.1) is 11.8 Å². The van der Waals surface area contributed by atoms with Crippen molar-refractivity contribution >= 4 is 24.0 Å². The quantitative estimate of drug-likeness (QED) is 0.592. The molecule has 1 aromatic carbocycles. The molecule has 74 valence electrons. The van der Waals surface area contributed by atoms with E-state index in [-0.39, 0.29) is 6.42 Å². The lowest BCUT2D eigenvalue weighted by Crippen LogP contribution is -1.99. The van der Waals surface area contributed by atoms with Crippen molar-refractivity contribution in [2.75, 3.05) is 5.75 Å². The molecule has 1 aromatic rings. The van der Waals surface area contributed by atoms with Crippen molar-refractivity contribution in [3.63, 3.8) is 0 Å². The molecule has 0 amide bonds. The molecule has 0 saturated heterocycles. The third-order valence-corrected chi connectivity index (χ3v) is 2.50. The van der Waals surface area contributed by atoms with E-state index in [0.29, 0.717) is 5.75 Å². The summed E-state index contributed by atoms with van der Waals surface area (Å²) in [4.78, 5) is 21.4. The average Bonchev–Trinajstić information content (AvgIpc) is 2.16. The lowest BCUT2D eigenvalue weighted by Gasteiger charge is -1.99. The Morgan fingerprint density at radius 2 is 2.00 bits per heavy atom. The molecular weight excluding hydrogens is 200 g/mol. The summed E-state index contributed by atoms with van der Waals surface area (Å²) in [5.74, 6) is -0.406. The third-order valence-electron chi connectivity index (χ3n) is 1.60. The number of carboxylic acids is 1. The van der Waals surface area contributed by atoms with Crippen LogP contribution in [0.2, 0.25) is 0 Å². The zero-order chi connectivity index (χ0) is 10.4. The van der Waals surface area contributed by atoms with Crippen LogP contribution in [-0.4, -0.2) is 23.1 Å². The van der Waals surface area contributed by atoms with Crippen molar-refractivity contribution in [3.8, 4) is 0 Å². The van der Waals surface area contributed by atoms with Crippen LogP contribution >= 0.6 is 11.8 Å². The molecule has 0 bridgehead atoms. The van der Waals surface area contributed by atoms with Crippen LogP contribution in [-0.2, 0) is 16.0 Å². The Labute approximate surface area is 86.1 Å². The summed E-state index contributed by atoms with van der Waals surface area (Å²) < 4.78 is 0. The highest BCUT2D eigenvalue weighted by Crippen LogP contribution is 2.17. The van der Waals surface area contributed by atoms with E-state index in [1.54, 1.807) is 12.1 Å². The number of carbonyl (C=O) groups is 2. The maximum atomic E-state index is 10.4. The van der Waals surface area contributed by atoms with Crippen LogP contribution in [0, 0.1) is 0 Å². The molecular formula is C10H10O3S. The number of carboxylic acid groups (broad SMARTS) is 1. The summed E-state index contributed by atoms with van der Waals surface area (Å²) in [5.41, 5.74) is 0.771. The smallest absolute Gasteiger partial charge is 0.307 e. The van der Waals surface area contributed by atoms with Crippen molar-refractivity contribution in [1.29, 1.82) is 0 Å². The minimum absolute atomic E-state index is 0.0403. The highest BCUT2D eigenvalue weighted by molar-refractivity contribution is 7.99. The average molecular weight is 210 g/mol. The monoisotopic (exact) mass is 210 g/mol. The van der Waals surface area contributed by atoms with Gasteiger partial charge in [-0.05, 0) is 17.7 Å². The van der Waals surface area contributed by atoms with Gasteiger partial charge in [0.05, 0.1) is 12.2 Å². The normalized spacial score (nSPS) is 9.71. The molecule has 1 N–H and O–H groups in total. The molecule has 0 unspecified atom stereocenters. The Morgan fingerprint density at radius 3 is 2.50 bits per heavy atom. The highest BCUT2D eigenvalue weighted by Gasteiger charge is 2.00. The van der Waals surface area contributed by atoms with Crippen molar-refractivity contribution in [3.05, 3.63) is 29.8 Å².